The molecule has 1 aliphatic rings. The second-order valence-corrected chi connectivity index (χ2v) is 9.87. The summed E-state index contributed by atoms with van der Waals surface area (Å²) in [5.41, 5.74) is 1.56. The Kier molecular flexibility index (Phi) is 5.06. The molecule has 0 unspecified atom stereocenters. The van der Waals surface area contributed by atoms with E-state index >= 15 is 0 Å². The summed E-state index contributed by atoms with van der Waals surface area (Å²) in [5.74, 6) is 0.606. The van der Waals surface area contributed by atoms with Gasteiger partial charge in [-0.25, -0.2) is 13.2 Å². The molecule has 0 atom stereocenters. The maximum absolute atomic E-state index is 12.9. The minimum absolute atomic E-state index is 0.0443. The second-order valence-electron chi connectivity index (χ2n) is 7.78. The molecule has 2 aromatic heterocycles. The number of halogens is 1. The number of sulfonamides is 1. The van der Waals surface area contributed by atoms with E-state index in [1.165, 1.54) is 22.8 Å². The van der Waals surface area contributed by atoms with Crippen LogP contribution < -0.4 is 10.5 Å². The number of anilines is 1. The Morgan fingerprint density at radius 3 is 2.81 bits per heavy atom. The summed E-state index contributed by atoms with van der Waals surface area (Å²) in [6, 6.07) is 9.20. The Bertz CT molecular complexity index is 1480. The van der Waals surface area contributed by atoms with Gasteiger partial charge in [0.1, 0.15) is 0 Å². The Balaban J connectivity index is 1.44. The van der Waals surface area contributed by atoms with Crippen molar-refractivity contribution in [3.05, 3.63) is 69.3 Å². The molecule has 9 nitrogen and oxygen atoms in total. The van der Waals surface area contributed by atoms with E-state index < -0.39 is 15.8 Å². The lowest BCUT2D eigenvalue weighted by Crippen LogP contribution is -2.16. The molecule has 1 saturated carbocycles. The SMILES string of the molecule is Cc1c(Cl)cccc1NS(=O)(=O)c1ccc2c(c1)oc(=O)n2Cc1noc(C2CCC2)n1. The molecule has 0 radical (unpaired) electrons. The highest BCUT2D eigenvalue weighted by molar-refractivity contribution is 7.92. The topological polar surface area (TPSA) is 120 Å². The number of oxazole rings is 1. The molecule has 1 aliphatic carbocycles. The number of hydrogen-bond acceptors (Lipinski definition) is 7. The van der Waals surface area contributed by atoms with Crippen molar-refractivity contribution in [1.29, 1.82) is 0 Å². The van der Waals surface area contributed by atoms with Crippen LogP contribution in [0, 0.1) is 6.92 Å². The van der Waals surface area contributed by atoms with E-state index in [0.717, 1.165) is 19.3 Å². The zero-order valence-electron chi connectivity index (χ0n) is 17.0. The highest BCUT2D eigenvalue weighted by Crippen LogP contribution is 2.35. The van der Waals surface area contributed by atoms with Crippen LogP contribution in [-0.4, -0.2) is 23.1 Å². The van der Waals surface area contributed by atoms with Gasteiger partial charge in [-0.05, 0) is 49.6 Å². The first-order valence-corrected chi connectivity index (χ1v) is 11.9. The van der Waals surface area contributed by atoms with E-state index in [2.05, 4.69) is 14.9 Å². The van der Waals surface area contributed by atoms with Crippen LogP contribution in [0.5, 0.6) is 0 Å². The van der Waals surface area contributed by atoms with Crippen LogP contribution in [0.3, 0.4) is 0 Å². The van der Waals surface area contributed by atoms with Crippen molar-refractivity contribution in [3.63, 3.8) is 0 Å². The minimum Gasteiger partial charge on any atom is -0.408 e. The first-order chi connectivity index (χ1) is 15.3. The summed E-state index contributed by atoms with van der Waals surface area (Å²) in [7, 11) is -3.93. The van der Waals surface area contributed by atoms with Gasteiger partial charge in [0.15, 0.2) is 11.4 Å². The molecule has 0 amide bonds. The second kappa shape index (κ2) is 7.79. The minimum atomic E-state index is -3.93. The lowest BCUT2D eigenvalue weighted by molar-refractivity contribution is 0.291. The van der Waals surface area contributed by atoms with Gasteiger partial charge in [0.05, 0.1) is 22.6 Å². The molecule has 2 aromatic carbocycles. The smallest absolute Gasteiger partial charge is 0.408 e. The molecule has 1 N–H and O–H groups in total. The van der Waals surface area contributed by atoms with Crippen molar-refractivity contribution in [2.24, 2.45) is 0 Å². The first kappa shape index (κ1) is 20.8. The van der Waals surface area contributed by atoms with Gasteiger partial charge in [-0.3, -0.25) is 9.29 Å². The van der Waals surface area contributed by atoms with Crippen molar-refractivity contribution < 1.29 is 17.4 Å². The quantitative estimate of drug-likeness (QED) is 0.447. The molecule has 1 fully saturated rings. The van der Waals surface area contributed by atoms with Crippen molar-refractivity contribution in [2.45, 2.75) is 43.5 Å². The van der Waals surface area contributed by atoms with Gasteiger partial charge in [-0.15, -0.1) is 0 Å². The molecule has 4 aromatic rings. The van der Waals surface area contributed by atoms with E-state index in [9.17, 15) is 13.2 Å². The zero-order valence-corrected chi connectivity index (χ0v) is 18.6. The van der Waals surface area contributed by atoms with Crippen LogP contribution in [0.4, 0.5) is 5.69 Å². The average molecular weight is 475 g/mol. The summed E-state index contributed by atoms with van der Waals surface area (Å²) in [4.78, 5) is 16.7. The summed E-state index contributed by atoms with van der Waals surface area (Å²) in [5, 5.41) is 4.41. The number of aromatic nitrogens is 3. The lowest BCUT2D eigenvalue weighted by Gasteiger charge is -2.20. The first-order valence-electron chi connectivity index (χ1n) is 10.1. The van der Waals surface area contributed by atoms with E-state index in [-0.39, 0.29) is 22.9 Å². The number of benzene rings is 2. The fourth-order valence-electron chi connectivity index (χ4n) is 3.58. The molecular formula is C21H19ClN4O5S. The van der Waals surface area contributed by atoms with E-state index in [0.29, 0.717) is 33.5 Å². The maximum atomic E-state index is 12.9. The zero-order chi connectivity index (χ0) is 22.5. The van der Waals surface area contributed by atoms with Crippen LogP contribution in [0.2, 0.25) is 5.02 Å². The third kappa shape index (κ3) is 3.69. The number of nitrogens with zero attached hydrogens (tertiary/aromatic N) is 3. The molecular weight excluding hydrogens is 456 g/mol. The van der Waals surface area contributed by atoms with E-state index in [1.54, 1.807) is 25.1 Å². The largest absolute Gasteiger partial charge is 0.420 e. The van der Waals surface area contributed by atoms with Gasteiger partial charge in [-0.1, -0.05) is 29.2 Å². The third-order valence-corrected chi connectivity index (χ3v) is 7.47. The van der Waals surface area contributed by atoms with E-state index in [4.69, 9.17) is 20.5 Å². The lowest BCUT2D eigenvalue weighted by atomic mass is 9.85. The Morgan fingerprint density at radius 2 is 2.06 bits per heavy atom. The Hall–Kier alpha value is -3.11. The molecule has 0 saturated heterocycles. The Labute approximate surface area is 188 Å². The van der Waals surface area contributed by atoms with Crippen molar-refractivity contribution in [3.8, 4) is 0 Å². The monoisotopic (exact) mass is 474 g/mol. The molecule has 0 bridgehead atoms. The number of hydrogen-bond donors (Lipinski definition) is 1. The Morgan fingerprint density at radius 1 is 1.25 bits per heavy atom. The van der Waals surface area contributed by atoms with Crippen LogP contribution in [0.25, 0.3) is 11.1 Å². The highest BCUT2D eigenvalue weighted by Gasteiger charge is 2.26. The van der Waals surface area contributed by atoms with Gasteiger partial charge < -0.3 is 8.94 Å². The fraction of sp³-hybridized carbons (Fsp3) is 0.286. The molecule has 0 aliphatic heterocycles. The normalized spacial score (nSPS) is 14.6. The number of fused-ring (bicyclic) bond motifs is 1. The predicted molar refractivity (Wildman–Crippen MR) is 117 cm³/mol. The molecule has 5 rings (SSSR count). The molecule has 32 heavy (non-hydrogen) atoms. The van der Waals surface area contributed by atoms with Crippen LogP contribution >= 0.6 is 11.6 Å². The van der Waals surface area contributed by atoms with Crippen molar-refractivity contribution in [2.75, 3.05) is 4.72 Å². The molecule has 166 valence electrons. The van der Waals surface area contributed by atoms with Crippen molar-refractivity contribution in [1.82, 2.24) is 14.7 Å². The van der Waals surface area contributed by atoms with Gasteiger partial charge >= 0.3 is 5.76 Å². The van der Waals surface area contributed by atoms with Gasteiger partial charge in [0, 0.05) is 17.0 Å². The van der Waals surface area contributed by atoms with Crippen LogP contribution in [0.1, 0.15) is 42.5 Å². The van der Waals surface area contributed by atoms with Crippen molar-refractivity contribution >= 4 is 38.4 Å². The van der Waals surface area contributed by atoms with Gasteiger partial charge in [0.2, 0.25) is 5.89 Å². The summed E-state index contributed by atoms with van der Waals surface area (Å²) >= 11 is 6.08. The van der Waals surface area contributed by atoms with Gasteiger partial charge in [-0.2, -0.15) is 4.98 Å². The summed E-state index contributed by atoms with van der Waals surface area (Å²) in [6.45, 7) is 1.78. The standard InChI is InChI=1S/C21H19ClN4O5S/c1-12-15(22)6-3-7-16(12)25-32(28,29)14-8-9-17-18(10-14)30-21(27)26(17)11-19-23-20(31-24-19)13-4-2-5-13/h3,6-10,13,25H,2,4-5,11H2,1H3. The predicted octanol–water partition coefficient (Wildman–Crippen LogP) is 4.06. The highest BCUT2D eigenvalue weighted by atomic mass is 35.5. The number of nitrogens with one attached hydrogen (secondary N) is 1. The number of rotatable bonds is 6. The fourth-order valence-corrected chi connectivity index (χ4v) is 4.89. The average Bonchev–Trinajstić information content (AvgIpc) is 3.28. The summed E-state index contributed by atoms with van der Waals surface area (Å²) < 4.78 is 40.2. The molecule has 11 heteroatoms. The third-order valence-electron chi connectivity index (χ3n) is 5.70. The molecule has 0 spiro atoms. The maximum Gasteiger partial charge on any atom is 0.420 e. The van der Waals surface area contributed by atoms with Crippen LogP contribution in [-0.2, 0) is 16.6 Å². The van der Waals surface area contributed by atoms with E-state index in [1.807, 2.05) is 0 Å². The molecule has 2 heterocycles. The van der Waals surface area contributed by atoms with Crippen LogP contribution in [0.15, 0.2) is 55.0 Å². The van der Waals surface area contributed by atoms with Gasteiger partial charge in [0.25, 0.3) is 10.0 Å². The summed E-state index contributed by atoms with van der Waals surface area (Å²) in [6.07, 6.45) is 3.19.